The van der Waals surface area contributed by atoms with Crippen LogP contribution >= 0.6 is 0 Å². The van der Waals surface area contributed by atoms with Gasteiger partial charge >= 0.3 is 0 Å². The van der Waals surface area contributed by atoms with Crippen LogP contribution in [0.25, 0.3) is 0 Å². The Hall–Kier alpha value is -1.71. The Kier molecular flexibility index (Phi) is 5.26. The van der Waals surface area contributed by atoms with Crippen LogP contribution in [0.3, 0.4) is 0 Å². The SMILES string of the molecule is CCC(C)(CC)NS(=O)(=O)c1ccc([N+](=O)[O-])cc1NN. The van der Waals surface area contributed by atoms with Gasteiger partial charge in [-0.15, -0.1) is 0 Å². The number of hydrogen-bond donors (Lipinski definition) is 3. The molecular weight excluding hydrogens is 296 g/mol. The highest BCUT2D eigenvalue weighted by molar-refractivity contribution is 7.89. The van der Waals surface area contributed by atoms with Crippen molar-refractivity contribution in [3.05, 3.63) is 28.3 Å². The minimum atomic E-state index is -3.84. The van der Waals surface area contributed by atoms with Gasteiger partial charge in [0, 0.05) is 17.7 Å². The molecule has 0 aliphatic heterocycles. The Labute approximate surface area is 123 Å². The van der Waals surface area contributed by atoms with Crippen molar-refractivity contribution in [2.75, 3.05) is 5.43 Å². The molecule has 0 radical (unpaired) electrons. The van der Waals surface area contributed by atoms with Crippen molar-refractivity contribution in [3.63, 3.8) is 0 Å². The van der Waals surface area contributed by atoms with Gasteiger partial charge in [-0.25, -0.2) is 13.1 Å². The summed E-state index contributed by atoms with van der Waals surface area (Å²) in [6.45, 7) is 5.55. The zero-order valence-electron chi connectivity index (χ0n) is 12.2. The van der Waals surface area contributed by atoms with E-state index in [0.717, 1.165) is 12.1 Å². The number of sulfonamides is 1. The number of rotatable bonds is 7. The fraction of sp³-hybridized carbons (Fsp3) is 0.500. The molecule has 1 rings (SSSR count). The molecule has 0 saturated heterocycles. The fourth-order valence-electron chi connectivity index (χ4n) is 1.75. The Morgan fingerprint density at radius 1 is 1.33 bits per heavy atom. The average molecular weight is 316 g/mol. The lowest BCUT2D eigenvalue weighted by atomic mass is 9.98. The maximum atomic E-state index is 12.4. The maximum Gasteiger partial charge on any atom is 0.271 e. The number of nitrogen functional groups attached to an aromatic ring is 1. The fourth-order valence-corrected chi connectivity index (χ4v) is 3.45. The lowest BCUT2D eigenvalue weighted by Gasteiger charge is -2.28. The first-order chi connectivity index (χ1) is 9.69. The summed E-state index contributed by atoms with van der Waals surface area (Å²) in [5, 5.41) is 10.7. The maximum absolute atomic E-state index is 12.4. The van der Waals surface area contributed by atoms with E-state index >= 15 is 0 Å². The van der Waals surface area contributed by atoms with Crippen molar-refractivity contribution in [3.8, 4) is 0 Å². The van der Waals surface area contributed by atoms with Crippen molar-refractivity contribution < 1.29 is 13.3 Å². The smallest absolute Gasteiger partial charge is 0.271 e. The van der Waals surface area contributed by atoms with Gasteiger partial charge in [0.1, 0.15) is 4.90 Å². The van der Waals surface area contributed by atoms with E-state index in [0.29, 0.717) is 12.8 Å². The lowest BCUT2D eigenvalue weighted by Crippen LogP contribution is -2.45. The molecule has 0 heterocycles. The minimum Gasteiger partial charge on any atom is -0.323 e. The van der Waals surface area contributed by atoms with Crippen LogP contribution in [-0.4, -0.2) is 18.9 Å². The number of nitro benzene ring substituents is 1. The molecule has 0 saturated carbocycles. The standard InChI is InChI=1S/C12H20N4O4S/c1-4-12(3,5-2)15-21(19,20)11-7-6-9(16(17)18)8-10(11)14-13/h6-8,14-15H,4-5,13H2,1-3H3. The number of nitrogens with two attached hydrogens (primary N) is 1. The molecule has 0 aliphatic rings. The Morgan fingerprint density at radius 2 is 1.90 bits per heavy atom. The van der Waals surface area contributed by atoms with Gasteiger partial charge in [0.15, 0.2) is 0 Å². The Balaban J connectivity index is 3.29. The van der Waals surface area contributed by atoms with Crippen LogP contribution in [0.1, 0.15) is 33.6 Å². The normalized spacial score (nSPS) is 12.2. The van der Waals surface area contributed by atoms with Gasteiger partial charge < -0.3 is 5.43 Å². The molecular formula is C12H20N4O4S. The average Bonchev–Trinajstić information content (AvgIpc) is 2.45. The summed E-state index contributed by atoms with van der Waals surface area (Å²) in [6, 6.07) is 3.38. The van der Waals surface area contributed by atoms with E-state index in [1.165, 1.54) is 6.07 Å². The predicted octanol–water partition coefficient (Wildman–Crippen LogP) is 1.74. The third-order valence-corrected chi connectivity index (χ3v) is 5.26. The van der Waals surface area contributed by atoms with Gasteiger partial charge in [-0.1, -0.05) is 13.8 Å². The van der Waals surface area contributed by atoms with Crippen molar-refractivity contribution in [1.82, 2.24) is 4.72 Å². The summed E-state index contributed by atoms with van der Waals surface area (Å²) < 4.78 is 27.5. The van der Waals surface area contributed by atoms with Crippen molar-refractivity contribution >= 4 is 21.4 Å². The second-order valence-electron chi connectivity index (χ2n) is 4.96. The summed E-state index contributed by atoms with van der Waals surface area (Å²) in [6.07, 6.45) is 1.22. The van der Waals surface area contributed by atoms with Gasteiger partial charge in [-0.05, 0) is 25.8 Å². The first-order valence-electron chi connectivity index (χ1n) is 6.48. The summed E-state index contributed by atoms with van der Waals surface area (Å²) in [7, 11) is -3.84. The van der Waals surface area contributed by atoms with E-state index in [1.807, 2.05) is 13.8 Å². The van der Waals surface area contributed by atoms with E-state index in [2.05, 4.69) is 10.1 Å². The lowest BCUT2D eigenvalue weighted by molar-refractivity contribution is -0.384. The molecule has 0 aliphatic carbocycles. The van der Waals surface area contributed by atoms with E-state index in [1.54, 1.807) is 6.92 Å². The van der Waals surface area contributed by atoms with Crippen LogP contribution < -0.4 is 16.0 Å². The van der Waals surface area contributed by atoms with Gasteiger partial charge in [-0.3, -0.25) is 16.0 Å². The number of anilines is 1. The summed E-state index contributed by atoms with van der Waals surface area (Å²) in [4.78, 5) is 9.98. The van der Waals surface area contributed by atoms with E-state index in [9.17, 15) is 18.5 Å². The van der Waals surface area contributed by atoms with Crippen molar-refractivity contribution in [2.45, 2.75) is 44.0 Å². The van der Waals surface area contributed by atoms with Gasteiger partial charge in [-0.2, -0.15) is 0 Å². The van der Waals surface area contributed by atoms with Gasteiger partial charge in [0.25, 0.3) is 5.69 Å². The number of non-ortho nitro benzene ring substituents is 1. The minimum absolute atomic E-state index is 0.0220. The van der Waals surface area contributed by atoms with Gasteiger partial charge in [0.05, 0.1) is 10.6 Å². The number of hydrogen-bond acceptors (Lipinski definition) is 6. The van der Waals surface area contributed by atoms with Crippen LogP contribution in [0, 0.1) is 10.1 Å². The molecule has 0 amide bonds. The number of nitrogens with zero attached hydrogens (tertiary/aromatic N) is 1. The largest absolute Gasteiger partial charge is 0.323 e. The predicted molar refractivity (Wildman–Crippen MR) is 80.2 cm³/mol. The topological polar surface area (TPSA) is 127 Å². The van der Waals surface area contributed by atoms with Crippen LogP contribution in [0.15, 0.2) is 23.1 Å². The highest BCUT2D eigenvalue weighted by Crippen LogP contribution is 2.27. The quantitative estimate of drug-likeness (QED) is 0.399. The van der Waals surface area contributed by atoms with Crippen LogP contribution in [0.4, 0.5) is 11.4 Å². The first kappa shape index (κ1) is 17.3. The Bertz CT molecular complexity index is 626. The molecule has 118 valence electrons. The second-order valence-corrected chi connectivity index (χ2v) is 6.61. The first-order valence-corrected chi connectivity index (χ1v) is 7.96. The van der Waals surface area contributed by atoms with Crippen LogP contribution in [0.2, 0.25) is 0 Å². The van der Waals surface area contributed by atoms with Crippen molar-refractivity contribution in [2.24, 2.45) is 5.84 Å². The Morgan fingerprint density at radius 3 is 2.33 bits per heavy atom. The zero-order chi connectivity index (χ0) is 16.3. The number of benzene rings is 1. The highest BCUT2D eigenvalue weighted by Gasteiger charge is 2.29. The molecule has 21 heavy (non-hydrogen) atoms. The monoisotopic (exact) mass is 316 g/mol. The molecule has 0 aromatic heterocycles. The molecule has 4 N–H and O–H groups in total. The summed E-state index contributed by atoms with van der Waals surface area (Å²) in [5.41, 5.74) is 1.34. The summed E-state index contributed by atoms with van der Waals surface area (Å²) >= 11 is 0. The number of hydrazine groups is 1. The third kappa shape index (κ3) is 3.90. The third-order valence-electron chi connectivity index (χ3n) is 3.56. The van der Waals surface area contributed by atoms with E-state index < -0.39 is 20.5 Å². The molecule has 1 aromatic carbocycles. The number of nitrogens with one attached hydrogen (secondary N) is 2. The zero-order valence-corrected chi connectivity index (χ0v) is 13.0. The van der Waals surface area contributed by atoms with Crippen molar-refractivity contribution in [1.29, 1.82) is 0 Å². The van der Waals surface area contributed by atoms with Crippen LogP contribution in [-0.2, 0) is 10.0 Å². The van der Waals surface area contributed by atoms with Crippen LogP contribution in [0.5, 0.6) is 0 Å². The molecule has 0 atom stereocenters. The second kappa shape index (κ2) is 6.37. The molecule has 0 spiro atoms. The summed E-state index contributed by atoms with van der Waals surface area (Å²) in [5.74, 6) is 5.28. The number of nitro groups is 1. The van der Waals surface area contributed by atoms with Gasteiger partial charge in [0.2, 0.25) is 10.0 Å². The molecule has 9 heteroatoms. The highest BCUT2D eigenvalue weighted by atomic mass is 32.2. The molecule has 0 fully saturated rings. The van der Waals surface area contributed by atoms with E-state index in [4.69, 9.17) is 5.84 Å². The molecule has 0 bridgehead atoms. The van der Waals surface area contributed by atoms with E-state index in [-0.39, 0.29) is 16.3 Å². The molecule has 0 unspecified atom stereocenters. The molecule has 8 nitrogen and oxygen atoms in total. The molecule has 1 aromatic rings.